The Kier molecular flexibility index (Phi) is 4.25. The molecule has 27 heavy (non-hydrogen) atoms. The molecule has 2 aliphatic rings. The largest absolute Gasteiger partial charge is 0.488 e. The molecule has 3 heteroatoms. The number of hydrogen-bond donors (Lipinski definition) is 0. The first-order valence-corrected chi connectivity index (χ1v) is 10.4. The number of thiophene rings is 1. The standard InChI is InChI=1S/C24H23NOS/c1-17-20(15-25-11-4-12-25)8-7-18-13-21(9-10-23(17)18)26-16-22-14-19-5-2-3-6-24(19)27-22/h2-6,9-11,13-14H,7-8,12,15-16H2,1H3. The normalized spacial score (nSPS) is 15.8. The van der Waals surface area contributed by atoms with Gasteiger partial charge in [0.2, 0.25) is 0 Å². The molecule has 1 aromatic heterocycles. The van der Waals surface area contributed by atoms with Gasteiger partial charge in [0.05, 0.1) is 0 Å². The van der Waals surface area contributed by atoms with Crippen molar-refractivity contribution in [2.75, 3.05) is 13.1 Å². The first-order chi connectivity index (χ1) is 13.3. The summed E-state index contributed by atoms with van der Waals surface area (Å²) in [6.07, 6.45) is 6.68. The molecule has 136 valence electrons. The molecule has 2 aromatic carbocycles. The number of fused-ring (bicyclic) bond motifs is 2. The molecule has 0 spiro atoms. The predicted octanol–water partition coefficient (Wildman–Crippen LogP) is 6.03. The van der Waals surface area contributed by atoms with Gasteiger partial charge in [0.1, 0.15) is 12.4 Å². The predicted molar refractivity (Wildman–Crippen MR) is 114 cm³/mol. The fourth-order valence-corrected chi connectivity index (χ4v) is 4.95. The summed E-state index contributed by atoms with van der Waals surface area (Å²) in [5.74, 6) is 0.980. The zero-order valence-corrected chi connectivity index (χ0v) is 16.4. The highest BCUT2D eigenvalue weighted by Gasteiger charge is 2.19. The first-order valence-electron chi connectivity index (χ1n) is 9.59. The van der Waals surface area contributed by atoms with Crippen LogP contribution < -0.4 is 4.74 Å². The molecule has 0 saturated heterocycles. The van der Waals surface area contributed by atoms with Crippen molar-refractivity contribution in [3.05, 3.63) is 82.4 Å². The maximum Gasteiger partial charge on any atom is 0.122 e. The van der Waals surface area contributed by atoms with Crippen LogP contribution in [-0.4, -0.2) is 18.0 Å². The van der Waals surface area contributed by atoms with Crippen LogP contribution in [0.5, 0.6) is 5.75 Å². The van der Waals surface area contributed by atoms with Crippen molar-refractivity contribution < 1.29 is 4.74 Å². The van der Waals surface area contributed by atoms with E-state index in [2.05, 4.69) is 72.6 Å². The Hall–Kier alpha value is -2.52. The molecule has 0 bridgehead atoms. The summed E-state index contributed by atoms with van der Waals surface area (Å²) in [4.78, 5) is 3.65. The maximum absolute atomic E-state index is 6.12. The highest BCUT2D eigenvalue weighted by Crippen LogP contribution is 2.34. The summed E-state index contributed by atoms with van der Waals surface area (Å²) >= 11 is 1.82. The quantitative estimate of drug-likeness (QED) is 0.541. The molecule has 1 aliphatic heterocycles. The minimum atomic E-state index is 0.638. The monoisotopic (exact) mass is 373 g/mol. The van der Waals surface area contributed by atoms with Crippen LogP contribution in [0.4, 0.5) is 0 Å². The van der Waals surface area contributed by atoms with Crippen LogP contribution in [0, 0.1) is 0 Å². The van der Waals surface area contributed by atoms with Crippen LogP contribution >= 0.6 is 11.3 Å². The van der Waals surface area contributed by atoms with E-state index in [0.29, 0.717) is 6.61 Å². The second-order valence-electron chi connectivity index (χ2n) is 7.40. The van der Waals surface area contributed by atoms with Crippen LogP contribution in [0.25, 0.3) is 15.7 Å². The Morgan fingerprint density at radius 3 is 2.78 bits per heavy atom. The summed E-state index contributed by atoms with van der Waals surface area (Å²) in [7, 11) is 0. The number of rotatable bonds is 5. The van der Waals surface area contributed by atoms with E-state index >= 15 is 0 Å². The van der Waals surface area contributed by atoms with E-state index in [0.717, 1.165) is 31.7 Å². The van der Waals surface area contributed by atoms with Crippen molar-refractivity contribution >= 4 is 27.0 Å². The molecule has 0 atom stereocenters. The van der Waals surface area contributed by atoms with Gasteiger partial charge in [-0.2, -0.15) is 0 Å². The number of ether oxygens (including phenoxy) is 1. The zero-order valence-electron chi connectivity index (χ0n) is 15.6. The van der Waals surface area contributed by atoms with Crippen molar-refractivity contribution in [2.45, 2.75) is 26.4 Å². The summed E-state index contributed by atoms with van der Waals surface area (Å²) < 4.78 is 7.44. The van der Waals surface area contributed by atoms with Gasteiger partial charge >= 0.3 is 0 Å². The lowest BCUT2D eigenvalue weighted by molar-refractivity contribution is 0.309. The van der Waals surface area contributed by atoms with E-state index in [1.165, 1.54) is 31.7 Å². The van der Waals surface area contributed by atoms with E-state index in [1.54, 1.807) is 5.57 Å². The van der Waals surface area contributed by atoms with Crippen molar-refractivity contribution in [2.24, 2.45) is 0 Å². The highest BCUT2D eigenvalue weighted by atomic mass is 32.1. The molecule has 0 N–H and O–H groups in total. The summed E-state index contributed by atoms with van der Waals surface area (Å²) in [5, 5.41) is 1.30. The van der Waals surface area contributed by atoms with Crippen LogP contribution in [0.1, 0.15) is 29.3 Å². The summed E-state index contributed by atoms with van der Waals surface area (Å²) in [6.45, 7) is 5.08. The molecule has 5 rings (SSSR count). The van der Waals surface area contributed by atoms with Crippen LogP contribution in [-0.2, 0) is 13.0 Å². The first kappa shape index (κ1) is 16.6. The molecule has 0 unspecified atom stereocenters. The number of allylic oxidation sites excluding steroid dienone is 1. The Labute approximate surface area is 164 Å². The minimum Gasteiger partial charge on any atom is -0.488 e. The second-order valence-corrected chi connectivity index (χ2v) is 8.57. The second kappa shape index (κ2) is 6.90. The van der Waals surface area contributed by atoms with Gasteiger partial charge in [-0.1, -0.05) is 24.3 Å². The lowest BCUT2D eigenvalue weighted by atomic mass is 9.86. The topological polar surface area (TPSA) is 12.5 Å². The van der Waals surface area contributed by atoms with Gasteiger partial charge in [-0.15, -0.1) is 11.3 Å². The molecule has 0 saturated carbocycles. The Morgan fingerprint density at radius 1 is 1.07 bits per heavy atom. The molecule has 0 radical (unpaired) electrons. The number of benzene rings is 2. The van der Waals surface area contributed by atoms with Crippen LogP contribution in [0.15, 0.2) is 66.4 Å². The lowest BCUT2D eigenvalue weighted by Gasteiger charge is -2.30. The molecule has 0 fully saturated rings. The number of nitrogens with zero attached hydrogens (tertiary/aromatic N) is 1. The van der Waals surface area contributed by atoms with E-state index in [4.69, 9.17) is 4.74 Å². The summed E-state index contributed by atoms with van der Waals surface area (Å²) in [5.41, 5.74) is 5.85. The molecule has 2 nitrogen and oxygen atoms in total. The molecule has 1 aliphatic carbocycles. The third-order valence-electron chi connectivity index (χ3n) is 5.61. The van der Waals surface area contributed by atoms with Gasteiger partial charge in [-0.05, 0) is 84.0 Å². The molecule has 2 heterocycles. The van der Waals surface area contributed by atoms with E-state index in [-0.39, 0.29) is 0 Å². The van der Waals surface area contributed by atoms with Crippen LogP contribution in [0.2, 0.25) is 0 Å². The fourth-order valence-electron chi connectivity index (χ4n) is 3.97. The molecular weight excluding hydrogens is 350 g/mol. The Bertz CT molecular complexity index is 1030. The van der Waals surface area contributed by atoms with E-state index in [1.807, 2.05) is 11.3 Å². The fraction of sp³-hybridized carbons (Fsp3) is 0.250. The number of aryl methyl sites for hydroxylation is 1. The third kappa shape index (κ3) is 3.28. The van der Waals surface area contributed by atoms with Gasteiger partial charge in [0.25, 0.3) is 0 Å². The molecule has 0 amide bonds. The third-order valence-corrected chi connectivity index (χ3v) is 6.70. The average Bonchev–Trinajstić information content (AvgIpc) is 3.07. The van der Waals surface area contributed by atoms with Crippen molar-refractivity contribution in [3.63, 3.8) is 0 Å². The smallest absolute Gasteiger partial charge is 0.122 e. The minimum absolute atomic E-state index is 0.638. The van der Waals surface area contributed by atoms with Crippen LogP contribution in [0.3, 0.4) is 0 Å². The average molecular weight is 374 g/mol. The van der Waals surface area contributed by atoms with Gasteiger partial charge in [-0.3, -0.25) is 0 Å². The SMILES string of the molecule is CC1=C(CN2C=CC2)CCc2cc(OCc3cc4ccccc4s3)ccc21. The maximum atomic E-state index is 6.12. The van der Waals surface area contributed by atoms with Crippen molar-refractivity contribution in [1.29, 1.82) is 0 Å². The Balaban J connectivity index is 1.31. The molecular formula is C24H23NOS. The van der Waals surface area contributed by atoms with Gasteiger partial charge in [0, 0.05) is 22.7 Å². The number of hydrogen-bond acceptors (Lipinski definition) is 3. The molecule has 3 aromatic rings. The van der Waals surface area contributed by atoms with Crippen molar-refractivity contribution in [1.82, 2.24) is 4.90 Å². The summed E-state index contributed by atoms with van der Waals surface area (Å²) in [6, 6.07) is 17.4. The highest BCUT2D eigenvalue weighted by molar-refractivity contribution is 7.19. The van der Waals surface area contributed by atoms with Crippen molar-refractivity contribution in [3.8, 4) is 5.75 Å². The van der Waals surface area contributed by atoms with Gasteiger partial charge in [0.15, 0.2) is 0 Å². The zero-order chi connectivity index (χ0) is 18.2. The van der Waals surface area contributed by atoms with E-state index in [9.17, 15) is 0 Å². The van der Waals surface area contributed by atoms with E-state index < -0.39 is 0 Å². The Morgan fingerprint density at radius 2 is 1.96 bits per heavy atom. The lowest BCUT2D eigenvalue weighted by Crippen LogP contribution is -2.27. The van der Waals surface area contributed by atoms with Gasteiger partial charge in [-0.25, -0.2) is 0 Å². The van der Waals surface area contributed by atoms with Gasteiger partial charge < -0.3 is 9.64 Å².